The maximum Gasteiger partial charge on any atom is 0.252 e. The molecule has 0 aliphatic carbocycles. The number of halogens is 1. The summed E-state index contributed by atoms with van der Waals surface area (Å²) in [6.45, 7) is 2.03. The van der Waals surface area contributed by atoms with Gasteiger partial charge in [0.15, 0.2) is 5.76 Å². The maximum atomic E-state index is 13.0. The van der Waals surface area contributed by atoms with Gasteiger partial charge in [0.2, 0.25) is 5.89 Å². The van der Waals surface area contributed by atoms with Gasteiger partial charge in [-0.25, -0.2) is 4.98 Å². The number of nitrogens with one attached hydrogen (secondary N) is 1. The van der Waals surface area contributed by atoms with Crippen molar-refractivity contribution >= 4 is 21.8 Å². The number of nitrogens with zero attached hydrogens (tertiary/aromatic N) is 1. The van der Waals surface area contributed by atoms with E-state index in [1.807, 2.05) is 67.6 Å². The van der Waals surface area contributed by atoms with E-state index in [0.717, 1.165) is 22.9 Å². The fourth-order valence-corrected chi connectivity index (χ4v) is 3.68. The second-order valence-corrected chi connectivity index (χ2v) is 8.40. The molecule has 5 heteroatoms. The highest BCUT2D eigenvalue weighted by molar-refractivity contribution is 9.10. The predicted molar refractivity (Wildman–Crippen MR) is 127 cm³/mol. The van der Waals surface area contributed by atoms with E-state index in [1.54, 1.807) is 12.3 Å². The van der Waals surface area contributed by atoms with E-state index in [-0.39, 0.29) is 11.9 Å². The lowest BCUT2D eigenvalue weighted by atomic mass is 10.0. The molecule has 1 aromatic heterocycles. The highest BCUT2D eigenvalue weighted by Crippen LogP contribution is 2.29. The van der Waals surface area contributed by atoms with Gasteiger partial charge in [0.05, 0.1) is 11.8 Å². The van der Waals surface area contributed by atoms with Crippen molar-refractivity contribution < 1.29 is 9.21 Å². The van der Waals surface area contributed by atoms with Crippen molar-refractivity contribution in [3.8, 4) is 22.8 Å². The van der Waals surface area contributed by atoms with Crippen molar-refractivity contribution in [2.24, 2.45) is 0 Å². The molecule has 0 aliphatic rings. The summed E-state index contributed by atoms with van der Waals surface area (Å²) >= 11 is 3.44. The summed E-state index contributed by atoms with van der Waals surface area (Å²) in [5.41, 5.74) is 3.43. The Labute approximate surface area is 190 Å². The molecule has 1 heterocycles. The Bertz CT molecular complexity index is 1150. The van der Waals surface area contributed by atoms with Crippen LogP contribution in [0, 0.1) is 0 Å². The fraction of sp³-hybridized carbons (Fsp3) is 0.154. The van der Waals surface area contributed by atoms with Crippen molar-refractivity contribution in [3.63, 3.8) is 0 Å². The molecular formula is C26H23BrN2O2. The smallest absolute Gasteiger partial charge is 0.252 e. The van der Waals surface area contributed by atoms with E-state index in [4.69, 9.17) is 4.42 Å². The monoisotopic (exact) mass is 474 g/mol. The molecule has 0 spiro atoms. The molecule has 0 unspecified atom stereocenters. The summed E-state index contributed by atoms with van der Waals surface area (Å²) < 4.78 is 6.99. The summed E-state index contributed by atoms with van der Waals surface area (Å²) in [4.78, 5) is 17.4. The maximum absolute atomic E-state index is 13.0. The van der Waals surface area contributed by atoms with Crippen LogP contribution in [0.15, 0.2) is 93.9 Å². The van der Waals surface area contributed by atoms with Crippen molar-refractivity contribution in [1.82, 2.24) is 10.3 Å². The van der Waals surface area contributed by atoms with Crippen LogP contribution < -0.4 is 5.32 Å². The second kappa shape index (κ2) is 9.75. The summed E-state index contributed by atoms with van der Waals surface area (Å²) in [5.74, 6) is 0.967. The van der Waals surface area contributed by atoms with Crippen LogP contribution in [0.4, 0.5) is 0 Å². The molecule has 31 heavy (non-hydrogen) atoms. The van der Waals surface area contributed by atoms with Crippen LogP contribution in [0.5, 0.6) is 0 Å². The number of hydrogen-bond acceptors (Lipinski definition) is 3. The molecule has 0 aliphatic heterocycles. The Morgan fingerprint density at radius 2 is 1.71 bits per heavy atom. The Morgan fingerprint density at radius 3 is 2.48 bits per heavy atom. The lowest BCUT2D eigenvalue weighted by Crippen LogP contribution is -2.33. The van der Waals surface area contributed by atoms with Gasteiger partial charge in [0.25, 0.3) is 5.91 Å². The molecule has 0 saturated heterocycles. The predicted octanol–water partition coefficient (Wildman–Crippen LogP) is 6.52. The number of rotatable bonds is 7. The minimum absolute atomic E-state index is 0.0450. The van der Waals surface area contributed by atoms with E-state index in [0.29, 0.717) is 22.8 Å². The first kappa shape index (κ1) is 21.1. The quantitative estimate of drug-likeness (QED) is 0.331. The van der Waals surface area contributed by atoms with Crippen molar-refractivity contribution in [2.45, 2.75) is 25.8 Å². The highest BCUT2D eigenvalue weighted by atomic mass is 79.9. The van der Waals surface area contributed by atoms with Crippen LogP contribution in [0.1, 0.15) is 29.3 Å². The van der Waals surface area contributed by atoms with Crippen molar-refractivity contribution in [1.29, 1.82) is 0 Å². The van der Waals surface area contributed by atoms with E-state index in [2.05, 4.69) is 38.4 Å². The van der Waals surface area contributed by atoms with E-state index >= 15 is 0 Å². The average molecular weight is 475 g/mol. The van der Waals surface area contributed by atoms with Crippen LogP contribution in [-0.2, 0) is 6.42 Å². The Balaban J connectivity index is 1.48. The SMILES string of the molecule is C[C@H](CCc1ccccc1)NC(=O)c1ccccc1-c1ncc(-c2ccc(Br)cc2)o1. The Kier molecular flexibility index (Phi) is 6.63. The van der Waals surface area contributed by atoms with Crippen LogP contribution in [0.25, 0.3) is 22.8 Å². The molecule has 4 rings (SSSR count). The van der Waals surface area contributed by atoms with Gasteiger partial charge in [-0.2, -0.15) is 0 Å². The van der Waals surface area contributed by atoms with Gasteiger partial charge in [-0.15, -0.1) is 0 Å². The number of carbonyl (C=O) groups excluding carboxylic acids is 1. The summed E-state index contributed by atoms with van der Waals surface area (Å²) in [7, 11) is 0. The second-order valence-electron chi connectivity index (χ2n) is 7.48. The zero-order valence-corrected chi connectivity index (χ0v) is 18.8. The van der Waals surface area contributed by atoms with Crippen molar-refractivity contribution in [3.05, 3.63) is 101 Å². The molecule has 156 valence electrons. The Morgan fingerprint density at radius 1 is 1.00 bits per heavy atom. The number of hydrogen-bond donors (Lipinski definition) is 1. The first-order valence-corrected chi connectivity index (χ1v) is 11.1. The largest absolute Gasteiger partial charge is 0.436 e. The number of benzene rings is 3. The minimum atomic E-state index is -0.125. The van der Waals surface area contributed by atoms with E-state index in [9.17, 15) is 4.79 Å². The summed E-state index contributed by atoms with van der Waals surface area (Å²) in [6.07, 6.45) is 3.47. The first-order valence-electron chi connectivity index (χ1n) is 10.3. The molecular weight excluding hydrogens is 452 g/mol. The third kappa shape index (κ3) is 5.30. The van der Waals surface area contributed by atoms with Gasteiger partial charge in [0.1, 0.15) is 0 Å². The molecule has 1 atom stereocenters. The molecule has 1 N–H and O–H groups in total. The number of aromatic nitrogens is 1. The van der Waals surface area contributed by atoms with Gasteiger partial charge in [0, 0.05) is 21.6 Å². The van der Waals surface area contributed by atoms with Crippen LogP contribution in [0.3, 0.4) is 0 Å². The number of aryl methyl sites for hydroxylation is 1. The van der Waals surface area contributed by atoms with Crippen LogP contribution >= 0.6 is 15.9 Å². The van der Waals surface area contributed by atoms with Crippen LogP contribution in [-0.4, -0.2) is 16.9 Å². The summed E-state index contributed by atoms with van der Waals surface area (Å²) in [6, 6.07) is 25.6. The molecule has 4 nitrogen and oxygen atoms in total. The average Bonchev–Trinajstić information content (AvgIpc) is 3.29. The zero-order valence-electron chi connectivity index (χ0n) is 17.2. The van der Waals surface area contributed by atoms with Gasteiger partial charge in [-0.05, 0) is 49.6 Å². The zero-order chi connectivity index (χ0) is 21.6. The van der Waals surface area contributed by atoms with Gasteiger partial charge in [-0.3, -0.25) is 4.79 Å². The molecule has 0 saturated carbocycles. The van der Waals surface area contributed by atoms with E-state index in [1.165, 1.54) is 5.56 Å². The molecule has 1 amide bonds. The third-order valence-electron chi connectivity index (χ3n) is 5.12. The third-order valence-corrected chi connectivity index (χ3v) is 5.65. The Hall–Kier alpha value is -3.18. The fourth-order valence-electron chi connectivity index (χ4n) is 3.42. The van der Waals surface area contributed by atoms with Crippen LogP contribution in [0.2, 0.25) is 0 Å². The number of oxazole rings is 1. The van der Waals surface area contributed by atoms with Gasteiger partial charge < -0.3 is 9.73 Å². The molecule has 0 fully saturated rings. The van der Waals surface area contributed by atoms with Crippen molar-refractivity contribution in [2.75, 3.05) is 0 Å². The standard InChI is InChI=1S/C26H23BrN2O2/c1-18(11-12-19-7-3-2-4-8-19)29-25(30)22-9-5-6-10-23(22)26-28-17-24(31-26)20-13-15-21(27)16-14-20/h2-10,13-18H,11-12H2,1H3,(H,29,30)/t18-/m1/s1. The summed E-state index contributed by atoms with van der Waals surface area (Å²) in [5, 5.41) is 3.11. The van der Waals surface area contributed by atoms with Gasteiger partial charge in [-0.1, -0.05) is 70.5 Å². The lowest BCUT2D eigenvalue weighted by molar-refractivity contribution is 0.0939. The first-order chi connectivity index (χ1) is 15.1. The lowest BCUT2D eigenvalue weighted by Gasteiger charge is -2.15. The minimum Gasteiger partial charge on any atom is -0.436 e. The molecule has 3 aromatic carbocycles. The molecule has 0 radical (unpaired) electrons. The number of amides is 1. The topological polar surface area (TPSA) is 55.1 Å². The normalized spacial score (nSPS) is 11.8. The highest BCUT2D eigenvalue weighted by Gasteiger charge is 2.18. The molecule has 4 aromatic rings. The molecule has 0 bridgehead atoms. The number of carbonyl (C=O) groups is 1. The van der Waals surface area contributed by atoms with Gasteiger partial charge >= 0.3 is 0 Å². The van der Waals surface area contributed by atoms with E-state index < -0.39 is 0 Å².